The van der Waals surface area contributed by atoms with Crippen molar-refractivity contribution in [3.63, 3.8) is 0 Å². The van der Waals surface area contributed by atoms with Crippen molar-refractivity contribution in [2.24, 2.45) is 5.92 Å². The Morgan fingerprint density at radius 3 is 2.17 bits per heavy atom. The van der Waals surface area contributed by atoms with Gasteiger partial charge in [-0.05, 0) is 50.8 Å². The average molecular weight is 340 g/mol. The zero-order valence-corrected chi connectivity index (χ0v) is 15.5. The summed E-state index contributed by atoms with van der Waals surface area (Å²) in [5, 5.41) is 2.87. The second kappa shape index (κ2) is 7.93. The van der Waals surface area contributed by atoms with Crippen LogP contribution in [0.25, 0.3) is 0 Å². The molecule has 1 amide bonds. The van der Waals surface area contributed by atoms with Crippen LogP contribution in [0.4, 0.5) is 0 Å². The van der Waals surface area contributed by atoms with E-state index in [2.05, 4.69) is 10.0 Å². The van der Waals surface area contributed by atoms with Crippen LogP contribution in [0.1, 0.15) is 46.6 Å². The highest BCUT2D eigenvalue weighted by Gasteiger charge is 2.21. The standard InChI is InChI=1S/C17H28N2O3S/c1-13(2)12-18-16(20)11-8-14-6-9-15(10-7-14)23(21,22)19-17(3,4)5/h6-7,9-10,13,19H,8,11-12H2,1-5H3,(H,18,20). The maximum Gasteiger partial charge on any atom is 0.241 e. The third-order valence-corrected chi connectivity index (χ3v) is 4.80. The quantitative estimate of drug-likeness (QED) is 0.800. The molecule has 0 spiro atoms. The van der Waals surface area contributed by atoms with Gasteiger partial charge in [0.15, 0.2) is 0 Å². The van der Waals surface area contributed by atoms with Crippen molar-refractivity contribution in [3.05, 3.63) is 29.8 Å². The molecule has 6 heteroatoms. The van der Waals surface area contributed by atoms with Gasteiger partial charge in [-0.1, -0.05) is 26.0 Å². The van der Waals surface area contributed by atoms with Gasteiger partial charge in [-0.15, -0.1) is 0 Å². The molecule has 0 atom stereocenters. The first-order valence-electron chi connectivity index (χ1n) is 7.89. The number of benzene rings is 1. The number of nitrogens with one attached hydrogen (secondary N) is 2. The molecule has 2 N–H and O–H groups in total. The minimum absolute atomic E-state index is 0.0183. The number of carbonyl (C=O) groups is 1. The van der Waals surface area contributed by atoms with Crippen LogP contribution in [0.3, 0.4) is 0 Å². The number of amides is 1. The molecule has 0 unspecified atom stereocenters. The minimum atomic E-state index is -3.51. The molecular weight excluding hydrogens is 312 g/mol. The van der Waals surface area contributed by atoms with Crippen LogP contribution in [0.5, 0.6) is 0 Å². The first-order chi connectivity index (χ1) is 10.5. The van der Waals surface area contributed by atoms with E-state index in [1.807, 2.05) is 13.8 Å². The Hall–Kier alpha value is -1.40. The van der Waals surface area contributed by atoms with Gasteiger partial charge in [-0.2, -0.15) is 0 Å². The van der Waals surface area contributed by atoms with E-state index < -0.39 is 15.6 Å². The number of hydrogen-bond acceptors (Lipinski definition) is 3. The number of rotatable bonds is 7. The number of aryl methyl sites for hydroxylation is 1. The van der Waals surface area contributed by atoms with Crippen LogP contribution in [0, 0.1) is 5.92 Å². The summed E-state index contributed by atoms with van der Waals surface area (Å²) in [4.78, 5) is 11.9. The lowest BCUT2D eigenvalue weighted by atomic mass is 10.1. The molecule has 0 aliphatic rings. The van der Waals surface area contributed by atoms with Crippen molar-refractivity contribution in [2.45, 2.75) is 57.9 Å². The topological polar surface area (TPSA) is 75.3 Å². The van der Waals surface area contributed by atoms with Gasteiger partial charge in [0.1, 0.15) is 0 Å². The van der Waals surface area contributed by atoms with Crippen LogP contribution >= 0.6 is 0 Å². The third kappa shape index (κ3) is 7.61. The van der Waals surface area contributed by atoms with Crippen molar-refractivity contribution in [1.29, 1.82) is 0 Å². The molecule has 0 aliphatic heterocycles. The fourth-order valence-electron chi connectivity index (χ4n) is 1.96. The molecule has 0 aromatic heterocycles. The maximum atomic E-state index is 12.2. The normalized spacial score (nSPS) is 12.4. The van der Waals surface area contributed by atoms with Crippen molar-refractivity contribution < 1.29 is 13.2 Å². The predicted octanol–water partition coefficient (Wildman–Crippen LogP) is 2.47. The molecule has 0 bridgehead atoms. The lowest BCUT2D eigenvalue weighted by molar-refractivity contribution is -0.121. The second-order valence-electron chi connectivity index (χ2n) is 7.20. The van der Waals surface area contributed by atoms with E-state index in [-0.39, 0.29) is 10.8 Å². The lowest BCUT2D eigenvalue weighted by Gasteiger charge is -2.20. The zero-order valence-electron chi connectivity index (χ0n) is 14.6. The fourth-order valence-corrected chi connectivity index (χ4v) is 3.38. The summed E-state index contributed by atoms with van der Waals surface area (Å²) in [5.74, 6) is 0.448. The van der Waals surface area contributed by atoms with Gasteiger partial charge in [0.25, 0.3) is 0 Å². The van der Waals surface area contributed by atoms with E-state index in [1.54, 1.807) is 45.0 Å². The number of hydrogen-bond donors (Lipinski definition) is 2. The molecule has 0 fully saturated rings. The molecular formula is C17H28N2O3S. The number of carbonyl (C=O) groups excluding carboxylic acids is 1. The summed E-state index contributed by atoms with van der Waals surface area (Å²) in [6, 6.07) is 6.67. The molecule has 23 heavy (non-hydrogen) atoms. The molecule has 5 nitrogen and oxygen atoms in total. The van der Waals surface area contributed by atoms with E-state index in [0.29, 0.717) is 25.3 Å². The van der Waals surface area contributed by atoms with Crippen LogP contribution in [-0.4, -0.2) is 26.4 Å². The summed E-state index contributed by atoms with van der Waals surface area (Å²) in [6.07, 6.45) is 0.996. The molecule has 0 saturated heterocycles. The van der Waals surface area contributed by atoms with E-state index in [4.69, 9.17) is 0 Å². The van der Waals surface area contributed by atoms with Gasteiger partial charge in [0.2, 0.25) is 15.9 Å². The molecule has 1 aromatic carbocycles. The molecule has 0 aliphatic carbocycles. The Labute approximate surface area is 139 Å². The molecule has 0 heterocycles. The monoisotopic (exact) mass is 340 g/mol. The lowest BCUT2D eigenvalue weighted by Crippen LogP contribution is -2.40. The van der Waals surface area contributed by atoms with Crippen molar-refractivity contribution in [2.75, 3.05) is 6.54 Å². The average Bonchev–Trinajstić information content (AvgIpc) is 2.40. The molecule has 1 aromatic rings. The SMILES string of the molecule is CC(C)CNC(=O)CCc1ccc(S(=O)(=O)NC(C)(C)C)cc1. The second-order valence-corrected chi connectivity index (χ2v) is 8.88. The van der Waals surface area contributed by atoms with E-state index >= 15 is 0 Å². The highest BCUT2D eigenvalue weighted by atomic mass is 32.2. The molecule has 0 saturated carbocycles. The Morgan fingerprint density at radius 1 is 1.13 bits per heavy atom. The zero-order chi connectivity index (χ0) is 17.7. The highest BCUT2D eigenvalue weighted by Crippen LogP contribution is 2.14. The summed E-state index contributed by atoms with van der Waals surface area (Å²) in [6.45, 7) is 10.2. The first kappa shape index (κ1) is 19.6. The molecule has 1 rings (SSSR count). The van der Waals surface area contributed by atoms with Crippen LogP contribution in [-0.2, 0) is 21.2 Å². The molecule has 0 radical (unpaired) electrons. The van der Waals surface area contributed by atoms with Gasteiger partial charge >= 0.3 is 0 Å². The minimum Gasteiger partial charge on any atom is -0.356 e. The van der Waals surface area contributed by atoms with Crippen LogP contribution < -0.4 is 10.0 Å². The van der Waals surface area contributed by atoms with E-state index in [0.717, 1.165) is 5.56 Å². The van der Waals surface area contributed by atoms with Crippen LogP contribution in [0.2, 0.25) is 0 Å². The Bertz CT molecular complexity index is 614. The van der Waals surface area contributed by atoms with Crippen molar-refractivity contribution in [3.8, 4) is 0 Å². The van der Waals surface area contributed by atoms with Gasteiger partial charge in [0.05, 0.1) is 4.90 Å². The largest absolute Gasteiger partial charge is 0.356 e. The van der Waals surface area contributed by atoms with Crippen molar-refractivity contribution in [1.82, 2.24) is 10.0 Å². The smallest absolute Gasteiger partial charge is 0.241 e. The highest BCUT2D eigenvalue weighted by molar-refractivity contribution is 7.89. The Kier molecular flexibility index (Phi) is 6.77. The van der Waals surface area contributed by atoms with Gasteiger partial charge in [0, 0.05) is 18.5 Å². The summed E-state index contributed by atoms with van der Waals surface area (Å²) < 4.78 is 27.0. The molecule has 130 valence electrons. The van der Waals surface area contributed by atoms with Gasteiger partial charge < -0.3 is 5.32 Å². The van der Waals surface area contributed by atoms with E-state index in [9.17, 15) is 13.2 Å². The summed E-state index contributed by atoms with van der Waals surface area (Å²) in [5.41, 5.74) is 0.422. The number of sulfonamides is 1. The van der Waals surface area contributed by atoms with Gasteiger partial charge in [-0.3, -0.25) is 4.79 Å². The van der Waals surface area contributed by atoms with Crippen LogP contribution in [0.15, 0.2) is 29.2 Å². The third-order valence-electron chi connectivity index (χ3n) is 3.02. The Balaban J connectivity index is 2.62. The predicted molar refractivity (Wildman–Crippen MR) is 92.7 cm³/mol. The van der Waals surface area contributed by atoms with Crippen molar-refractivity contribution >= 4 is 15.9 Å². The van der Waals surface area contributed by atoms with Gasteiger partial charge in [-0.25, -0.2) is 13.1 Å². The summed E-state index contributed by atoms with van der Waals surface area (Å²) >= 11 is 0. The summed E-state index contributed by atoms with van der Waals surface area (Å²) in [7, 11) is -3.51. The van der Waals surface area contributed by atoms with E-state index in [1.165, 1.54) is 0 Å². The Morgan fingerprint density at radius 2 is 1.70 bits per heavy atom. The first-order valence-corrected chi connectivity index (χ1v) is 9.37. The maximum absolute atomic E-state index is 12.2. The fraction of sp³-hybridized carbons (Fsp3) is 0.588.